The van der Waals surface area contributed by atoms with Crippen LogP contribution in [-0.2, 0) is 0 Å². The number of rotatable bonds is 10. The fourth-order valence-corrected chi connectivity index (χ4v) is 8.98. The maximum absolute atomic E-state index is 10.2. The fourth-order valence-electron chi connectivity index (χ4n) is 3.70. The molecule has 24 heavy (non-hydrogen) atoms. The van der Waals surface area contributed by atoms with E-state index in [-0.39, 0.29) is 0 Å². The number of hydrogen-bond acceptors (Lipinski definition) is 1. The first-order valence-corrected chi connectivity index (χ1v) is 12.0. The van der Waals surface area contributed by atoms with E-state index in [9.17, 15) is 5.11 Å². The summed E-state index contributed by atoms with van der Waals surface area (Å²) in [6.45, 7) is 16.0. The van der Waals surface area contributed by atoms with Gasteiger partial charge in [-0.15, -0.1) is 5.54 Å². The van der Waals surface area contributed by atoms with E-state index in [1.807, 2.05) is 0 Å². The second-order valence-corrected chi connectivity index (χ2v) is 13.3. The summed E-state index contributed by atoms with van der Waals surface area (Å²) in [5.74, 6) is 3.22. The lowest BCUT2D eigenvalue weighted by Crippen LogP contribution is -2.43. The van der Waals surface area contributed by atoms with Crippen molar-refractivity contribution in [2.75, 3.05) is 0 Å². The molecule has 1 nitrogen and oxygen atoms in total. The molecule has 0 aliphatic rings. The highest BCUT2D eigenvalue weighted by atomic mass is 28.3. The molecule has 2 heteroatoms. The molecule has 0 fully saturated rings. The van der Waals surface area contributed by atoms with E-state index in [4.69, 9.17) is 0 Å². The van der Waals surface area contributed by atoms with Crippen LogP contribution in [0.3, 0.4) is 0 Å². The lowest BCUT2D eigenvalue weighted by molar-refractivity contribution is 0.219. The smallest absolute Gasteiger partial charge is 0.146 e. The van der Waals surface area contributed by atoms with Crippen LogP contribution in [0.1, 0.15) is 80.6 Å². The van der Waals surface area contributed by atoms with Gasteiger partial charge < -0.3 is 5.11 Å². The molecular weight excluding hydrogens is 308 g/mol. The number of hydrogen-bond donors (Lipinski definition) is 1. The van der Waals surface area contributed by atoms with Gasteiger partial charge in [-0.1, -0.05) is 78.7 Å². The maximum atomic E-state index is 10.2. The normalized spacial score (nSPS) is 14.1. The summed E-state index contributed by atoms with van der Waals surface area (Å²) in [5, 5.41) is 10.2. The largest absolute Gasteiger partial charge is 0.380 e. The quantitative estimate of drug-likeness (QED) is 0.203. The van der Waals surface area contributed by atoms with Crippen molar-refractivity contribution in [3.63, 3.8) is 0 Å². The molecule has 0 rings (SSSR count). The molecule has 1 unspecified atom stereocenters. The van der Waals surface area contributed by atoms with Crippen molar-refractivity contribution in [1.29, 1.82) is 0 Å². The third-order valence-corrected chi connectivity index (χ3v) is 11.3. The van der Waals surface area contributed by atoms with E-state index in [1.54, 1.807) is 0 Å². The van der Waals surface area contributed by atoms with Crippen LogP contribution in [0, 0.1) is 11.5 Å². The van der Waals surface area contributed by atoms with Crippen LogP contribution in [0.2, 0.25) is 16.6 Å². The highest BCUT2D eigenvalue weighted by molar-refractivity contribution is 6.90. The van der Waals surface area contributed by atoms with Crippen molar-refractivity contribution in [2.45, 2.75) is 103 Å². The Morgan fingerprint density at radius 1 is 0.875 bits per heavy atom. The van der Waals surface area contributed by atoms with E-state index >= 15 is 0 Å². The fraction of sp³-hybridized carbons (Fsp3) is 0.727. The zero-order chi connectivity index (χ0) is 18.6. The van der Waals surface area contributed by atoms with Crippen LogP contribution in [0.5, 0.6) is 0 Å². The van der Waals surface area contributed by atoms with Gasteiger partial charge in [0.1, 0.15) is 14.2 Å². The SMILES string of the molecule is CC/C=C\C/C=C\CCCC(O)C#C[Si](C(C)C)(C(C)C)C(C)C. The Kier molecular flexibility index (Phi) is 12.2. The Morgan fingerprint density at radius 3 is 1.92 bits per heavy atom. The predicted octanol–water partition coefficient (Wildman–Crippen LogP) is 6.65. The molecule has 0 radical (unpaired) electrons. The van der Waals surface area contributed by atoms with Crippen LogP contribution >= 0.6 is 0 Å². The molecule has 1 N–H and O–H groups in total. The molecule has 0 aromatic heterocycles. The Labute approximate surface area is 152 Å². The topological polar surface area (TPSA) is 20.2 Å². The monoisotopic (exact) mass is 348 g/mol. The van der Waals surface area contributed by atoms with E-state index in [2.05, 4.69) is 84.2 Å². The van der Waals surface area contributed by atoms with Crippen molar-refractivity contribution in [2.24, 2.45) is 0 Å². The lowest BCUT2D eigenvalue weighted by Gasteiger charge is -2.38. The minimum atomic E-state index is -1.71. The first-order chi connectivity index (χ1) is 11.3. The van der Waals surface area contributed by atoms with Gasteiger partial charge in [0.25, 0.3) is 0 Å². The molecule has 0 aromatic rings. The van der Waals surface area contributed by atoms with Gasteiger partial charge in [0.15, 0.2) is 0 Å². The van der Waals surface area contributed by atoms with Gasteiger partial charge in [0.05, 0.1) is 0 Å². The van der Waals surface area contributed by atoms with Gasteiger partial charge in [0.2, 0.25) is 0 Å². The van der Waals surface area contributed by atoms with Gasteiger partial charge in [0, 0.05) is 0 Å². The third-order valence-electron chi connectivity index (χ3n) is 5.01. The summed E-state index contributed by atoms with van der Waals surface area (Å²) in [6.07, 6.45) is 13.3. The van der Waals surface area contributed by atoms with Crippen LogP contribution in [0.25, 0.3) is 0 Å². The number of allylic oxidation sites excluding steroid dienone is 4. The van der Waals surface area contributed by atoms with Crippen LogP contribution in [0.4, 0.5) is 0 Å². The van der Waals surface area contributed by atoms with Gasteiger partial charge in [-0.2, -0.15) is 0 Å². The lowest BCUT2D eigenvalue weighted by atomic mass is 10.1. The van der Waals surface area contributed by atoms with Crippen molar-refractivity contribution >= 4 is 8.07 Å². The van der Waals surface area contributed by atoms with E-state index in [1.165, 1.54) is 0 Å². The summed E-state index contributed by atoms with van der Waals surface area (Å²) < 4.78 is 0. The molecule has 0 heterocycles. The van der Waals surface area contributed by atoms with Gasteiger partial charge >= 0.3 is 0 Å². The zero-order valence-corrected chi connectivity index (χ0v) is 18.1. The number of aliphatic hydroxyl groups excluding tert-OH is 1. The molecule has 0 saturated carbocycles. The molecule has 0 bridgehead atoms. The van der Waals surface area contributed by atoms with E-state index in [0.29, 0.717) is 16.6 Å². The van der Waals surface area contributed by atoms with Crippen LogP contribution in [0.15, 0.2) is 24.3 Å². The average molecular weight is 349 g/mol. The average Bonchev–Trinajstić information content (AvgIpc) is 2.49. The van der Waals surface area contributed by atoms with Gasteiger partial charge in [-0.05, 0) is 48.7 Å². The van der Waals surface area contributed by atoms with Gasteiger partial charge in [-0.25, -0.2) is 0 Å². The molecule has 0 aliphatic carbocycles. The van der Waals surface area contributed by atoms with Crippen molar-refractivity contribution in [1.82, 2.24) is 0 Å². The molecule has 138 valence electrons. The molecule has 1 atom stereocenters. The third kappa shape index (κ3) is 7.86. The summed E-state index contributed by atoms with van der Waals surface area (Å²) in [5.41, 5.74) is 5.48. The Bertz CT molecular complexity index is 413. The van der Waals surface area contributed by atoms with Crippen molar-refractivity contribution in [3.05, 3.63) is 24.3 Å². The number of aliphatic hydroxyl groups is 1. The molecule has 0 saturated heterocycles. The summed E-state index contributed by atoms with van der Waals surface area (Å²) in [4.78, 5) is 0. The number of unbranched alkanes of at least 4 members (excludes halogenated alkanes) is 1. The minimum absolute atomic E-state index is 0.471. The van der Waals surface area contributed by atoms with Crippen LogP contribution in [-0.4, -0.2) is 19.3 Å². The maximum Gasteiger partial charge on any atom is 0.146 e. The molecular formula is C22H40OSi. The summed E-state index contributed by atoms with van der Waals surface area (Å²) in [6, 6.07) is 0. The molecule has 0 aromatic carbocycles. The van der Waals surface area contributed by atoms with Crippen LogP contribution < -0.4 is 0 Å². The van der Waals surface area contributed by atoms with Gasteiger partial charge in [-0.3, -0.25) is 0 Å². The highest BCUT2D eigenvalue weighted by Crippen LogP contribution is 2.40. The Balaban J connectivity index is 4.52. The first-order valence-electron chi connectivity index (χ1n) is 9.79. The standard InChI is InChI=1S/C22H40OSi/c1-8-9-10-11-12-13-14-15-16-22(23)17-18-24(19(2)3,20(4)5)21(6)7/h9-10,12-13,19-23H,8,11,14-16H2,1-7H3/b10-9-,13-12-. The Hall–Kier alpha value is -0.783. The summed E-state index contributed by atoms with van der Waals surface area (Å²) >= 11 is 0. The van der Waals surface area contributed by atoms with Crippen molar-refractivity contribution in [3.8, 4) is 11.5 Å². The second kappa shape index (κ2) is 12.6. The first kappa shape index (κ1) is 23.2. The zero-order valence-electron chi connectivity index (χ0n) is 17.1. The molecule has 0 aliphatic heterocycles. The Morgan fingerprint density at radius 2 is 1.42 bits per heavy atom. The predicted molar refractivity (Wildman–Crippen MR) is 112 cm³/mol. The minimum Gasteiger partial charge on any atom is -0.380 e. The van der Waals surface area contributed by atoms with Crippen molar-refractivity contribution < 1.29 is 5.11 Å². The van der Waals surface area contributed by atoms with E-state index < -0.39 is 14.2 Å². The summed E-state index contributed by atoms with van der Waals surface area (Å²) in [7, 11) is -1.71. The molecule has 0 spiro atoms. The molecule has 0 amide bonds. The van der Waals surface area contributed by atoms with E-state index in [0.717, 1.165) is 32.1 Å². The highest BCUT2D eigenvalue weighted by Gasteiger charge is 2.41. The second-order valence-electron chi connectivity index (χ2n) is 7.70.